The van der Waals surface area contributed by atoms with Gasteiger partial charge < -0.3 is 10.4 Å². The fourth-order valence-electron chi connectivity index (χ4n) is 1.14. The van der Waals surface area contributed by atoms with Gasteiger partial charge in [-0.25, -0.2) is 0 Å². The lowest BCUT2D eigenvalue weighted by Gasteiger charge is -2.12. The Bertz CT molecular complexity index is 212. The van der Waals surface area contributed by atoms with Crippen molar-refractivity contribution < 1.29 is 14.7 Å². The highest BCUT2D eigenvalue weighted by molar-refractivity contribution is 5.85. The van der Waals surface area contributed by atoms with Gasteiger partial charge in [0.1, 0.15) is 6.04 Å². The molecule has 5 nitrogen and oxygen atoms in total. The lowest BCUT2D eigenvalue weighted by molar-refractivity contribution is -0.139. The molecule has 1 atom stereocenters. The van der Waals surface area contributed by atoms with E-state index in [9.17, 15) is 9.59 Å². The molecule has 0 spiro atoms. The molecule has 0 fully saturated rings. The van der Waals surface area contributed by atoms with Gasteiger partial charge in [-0.1, -0.05) is 20.3 Å². The first-order chi connectivity index (χ1) is 7.11. The van der Waals surface area contributed by atoms with Gasteiger partial charge >= 0.3 is 5.97 Å². The minimum Gasteiger partial charge on any atom is -0.480 e. The summed E-state index contributed by atoms with van der Waals surface area (Å²) in [5.74, 6) is -1.06. The molecule has 0 rings (SSSR count). The Labute approximate surface area is 102 Å². The number of carbonyl (C=O) groups is 2. The molecule has 0 saturated carbocycles. The molecule has 0 radical (unpaired) electrons. The summed E-state index contributed by atoms with van der Waals surface area (Å²) < 4.78 is 0. The van der Waals surface area contributed by atoms with E-state index in [4.69, 9.17) is 5.11 Å². The van der Waals surface area contributed by atoms with E-state index < -0.39 is 12.0 Å². The number of halogens is 1. The highest BCUT2D eigenvalue weighted by atomic mass is 35.5. The van der Waals surface area contributed by atoms with Gasteiger partial charge in [0.05, 0.1) is 6.54 Å². The summed E-state index contributed by atoms with van der Waals surface area (Å²) in [6, 6.07) is -0.623. The number of aliphatic carboxylic acids is 1. The number of carbonyl (C=O) groups excluding carboxylic acids is 1. The monoisotopic (exact) mass is 252 g/mol. The van der Waals surface area contributed by atoms with E-state index in [1.54, 1.807) is 0 Å². The van der Waals surface area contributed by atoms with E-state index in [-0.39, 0.29) is 24.9 Å². The van der Waals surface area contributed by atoms with Gasteiger partial charge in [-0.2, -0.15) is 0 Å². The minimum absolute atomic E-state index is 0. The maximum Gasteiger partial charge on any atom is 0.320 e. The smallest absolute Gasteiger partial charge is 0.320 e. The van der Waals surface area contributed by atoms with Crippen LogP contribution in [-0.2, 0) is 9.59 Å². The molecule has 0 aliphatic rings. The van der Waals surface area contributed by atoms with Crippen molar-refractivity contribution in [2.75, 3.05) is 13.1 Å². The van der Waals surface area contributed by atoms with Gasteiger partial charge in [0, 0.05) is 6.54 Å². The van der Waals surface area contributed by atoms with E-state index in [1.807, 2.05) is 13.8 Å². The molecule has 1 amide bonds. The second kappa shape index (κ2) is 10.7. The number of carboxylic acids is 1. The lowest BCUT2D eigenvalue weighted by Crippen LogP contribution is -2.43. The van der Waals surface area contributed by atoms with Crippen molar-refractivity contribution in [3.05, 3.63) is 0 Å². The molecule has 0 aromatic heterocycles. The molecule has 0 aromatic rings. The maximum absolute atomic E-state index is 11.2. The Hall–Kier alpha value is -0.810. The summed E-state index contributed by atoms with van der Waals surface area (Å²) in [4.78, 5) is 21.9. The largest absolute Gasteiger partial charge is 0.480 e. The van der Waals surface area contributed by atoms with Gasteiger partial charge in [-0.05, 0) is 12.8 Å². The van der Waals surface area contributed by atoms with Gasteiger partial charge in [0.2, 0.25) is 5.91 Å². The molecular weight excluding hydrogens is 232 g/mol. The van der Waals surface area contributed by atoms with Crippen LogP contribution in [-0.4, -0.2) is 36.1 Å². The molecule has 0 aliphatic heterocycles. The van der Waals surface area contributed by atoms with Crippen molar-refractivity contribution >= 4 is 24.3 Å². The molecule has 0 heterocycles. The third-order valence-corrected chi connectivity index (χ3v) is 1.96. The Morgan fingerprint density at radius 1 is 1.25 bits per heavy atom. The molecule has 96 valence electrons. The summed E-state index contributed by atoms with van der Waals surface area (Å²) in [6.07, 6.45) is 2.19. The summed E-state index contributed by atoms with van der Waals surface area (Å²) in [6.45, 7) is 4.57. The zero-order valence-electron chi connectivity index (χ0n) is 9.78. The second-order valence-corrected chi connectivity index (χ2v) is 3.41. The number of amides is 1. The molecule has 0 bridgehead atoms. The first-order valence-electron chi connectivity index (χ1n) is 5.34. The van der Waals surface area contributed by atoms with Crippen molar-refractivity contribution in [3.8, 4) is 0 Å². The van der Waals surface area contributed by atoms with Crippen LogP contribution in [0, 0.1) is 0 Å². The first-order valence-corrected chi connectivity index (χ1v) is 5.34. The Morgan fingerprint density at radius 3 is 2.31 bits per heavy atom. The van der Waals surface area contributed by atoms with E-state index in [2.05, 4.69) is 10.6 Å². The average molecular weight is 253 g/mol. The molecular formula is C10H21ClN2O3. The van der Waals surface area contributed by atoms with Gasteiger partial charge in [-0.3, -0.25) is 14.9 Å². The van der Waals surface area contributed by atoms with Crippen molar-refractivity contribution in [2.24, 2.45) is 0 Å². The summed E-state index contributed by atoms with van der Waals surface area (Å²) >= 11 is 0. The molecule has 0 saturated heterocycles. The highest BCUT2D eigenvalue weighted by Gasteiger charge is 2.16. The molecule has 6 heteroatoms. The van der Waals surface area contributed by atoms with Crippen LogP contribution in [0.5, 0.6) is 0 Å². The number of rotatable bonds is 8. The standard InChI is InChI=1S/C10H20N2O3.ClH/c1-3-5-8(10(14)15)12-7-9(13)11-6-4-2;/h8,12H,3-7H2,1-2H3,(H,11,13)(H,14,15);1H. The predicted molar refractivity (Wildman–Crippen MR) is 64.9 cm³/mol. The van der Waals surface area contributed by atoms with Crippen molar-refractivity contribution in [1.82, 2.24) is 10.6 Å². The van der Waals surface area contributed by atoms with E-state index in [0.717, 1.165) is 12.8 Å². The zero-order chi connectivity index (χ0) is 11.7. The number of carboxylic acid groups (broad SMARTS) is 1. The predicted octanol–water partition coefficient (Wildman–Crippen LogP) is 0.777. The maximum atomic E-state index is 11.2. The van der Waals surface area contributed by atoms with Crippen LogP contribution in [0.4, 0.5) is 0 Å². The van der Waals surface area contributed by atoms with Crippen molar-refractivity contribution in [1.29, 1.82) is 0 Å². The van der Waals surface area contributed by atoms with Gasteiger partial charge in [0.15, 0.2) is 0 Å². The molecule has 1 unspecified atom stereocenters. The Kier molecular flexibility index (Phi) is 11.8. The normalized spacial score (nSPS) is 11.4. The summed E-state index contributed by atoms with van der Waals surface area (Å²) in [5.41, 5.74) is 0. The highest BCUT2D eigenvalue weighted by Crippen LogP contribution is 1.95. The fourth-order valence-corrected chi connectivity index (χ4v) is 1.14. The fraction of sp³-hybridized carbons (Fsp3) is 0.800. The number of hydrogen-bond acceptors (Lipinski definition) is 3. The van der Waals surface area contributed by atoms with Gasteiger partial charge in [-0.15, -0.1) is 12.4 Å². The zero-order valence-corrected chi connectivity index (χ0v) is 10.6. The molecule has 0 aromatic carbocycles. The summed E-state index contributed by atoms with van der Waals surface area (Å²) in [7, 11) is 0. The quantitative estimate of drug-likeness (QED) is 0.597. The van der Waals surface area contributed by atoms with Crippen LogP contribution >= 0.6 is 12.4 Å². The topological polar surface area (TPSA) is 78.4 Å². The summed E-state index contributed by atoms with van der Waals surface area (Å²) in [5, 5.41) is 14.2. The average Bonchev–Trinajstić information content (AvgIpc) is 2.20. The first kappa shape index (κ1) is 17.6. The van der Waals surface area contributed by atoms with Crippen LogP contribution in [0.2, 0.25) is 0 Å². The van der Waals surface area contributed by atoms with Gasteiger partial charge in [0.25, 0.3) is 0 Å². The lowest BCUT2D eigenvalue weighted by atomic mass is 10.2. The van der Waals surface area contributed by atoms with Crippen LogP contribution in [0.25, 0.3) is 0 Å². The number of nitrogens with one attached hydrogen (secondary N) is 2. The van der Waals surface area contributed by atoms with Crippen LogP contribution in [0.15, 0.2) is 0 Å². The molecule has 0 aliphatic carbocycles. The Balaban J connectivity index is 0. The van der Waals surface area contributed by atoms with Crippen LogP contribution in [0.3, 0.4) is 0 Å². The molecule has 3 N–H and O–H groups in total. The second-order valence-electron chi connectivity index (χ2n) is 3.41. The minimum atomic E-state index is -0.903. The molecule has 16 heavy (non-hydrogen) atoms. The number of hydrogen-bond donors (Lipinski definition) is 3. The van der Waals surface area contributed by atoms with Crippen LogP contribution in [0.1, 0.15) is 33.1 Å². The SMILES string of the molecule is CCCNC(=O)CNC(CCC)C(=O)O.Cl. The van der Waals surface area contributed by atoms with E-state index in [0.29, 0.717) is 13.0 Å². The third kappa shape index (κ3) is 8.49. The van der Waals surface area contributed by atoms with E-state index in [1.165, 1.54) is 0 Å². The van der Waals surface area contributed by atoms with Crippen molar-refractivity contribution in [2.45, 2.75) is 39.2 Å². The Morgan fingerprint density at radius 2 is 1.88 bits per heavy atom. The third-order valence-electron chi connectivity index (χ3n) is 1.96. The van der Waals surface area contributed by atoms with Crippen LogP contribution < -0.4 is 10.6 Å². The van der Waals surface area contributed by atoms with E-state index >= 15 is 0 Å². The van der Waals surface area contributed by atoms with Crippen molar-refractivity contribution in [3.63, 3.8) is 0 Å².